The number of methoxy groups -OCH3 is 2. The van der Waals surface area contributed by atoms with Crippen LogP contribution >= 0.6 is 0 Å². The first-order valence-electron chi connectivity index (χ1n) is 13.8. The summed E-state index contributed by atoms with van der Waals surface area (Å²) in [5.41, 5.74) is 7.54. The Morgan fingerprint density at radius 3 is 1.62 bits per heavy atom. The molecule has 0 bridgehead atoms. The van der Waals surface area contributed by atoms with Gasteiger partial charge in [-0.15, -0.1) is 0 Å². The summed E-state index contributed by atoms with van der Waals surface area (Å²) in [6.07, 6.45) is 3.47. The quantitative estimate of drug-likeness (QED) is 0.243. The molecule has 2 aromatic carbocycles. The van der Waals surface area contributed by atoms with Crippen LogP contribution in [0.5, 0.6) is 0 Å². The number of rotatable bonds is 11. The lowest BCUT2D eigenvalue weighted by atomic mass is 9.93. The lowest BCUT2D eigenvalue weighted by molar-refractivity contribution is -0.152. The molecule has 0 saturated carbocycles. The molecule has 2 aromatic rings. The number of ketones is 1. The van der Waals surface area contributed by atoms with Gasteiger partial charge in [-0.05, 0) is 65.3 Å². The fourth-order valence-corrected chi connectivity index (χ4v) is 5.49. The van der Waals surface area contributed by atoms with Crippen molar-refractivity contribution in [1.29, 1.82) is 0 Å². The molecule has 2 aliphatic rings. The molecule has 0 radical (unpaired) electrons. The summed E-state index contributed by atoms with van der Waals surface area (Å²) < 4.78 is 9.68. The van der Waals surface area contributed by atoms with Gasteiger partial charge in [0.25, 0.3) is 0 Å². The van der Waals surface area contributed by atoms with Gasteiger partial charge in [0.2, 0.25) is 0 Å². The van der Waals surface area contributed by atoms with Crippen molar-refractivity contribution < 1.29 is 23.9 Å². The van der Waals surface area contributed by atoms with Gasteiger partial charge >= 0.3 is 11.9 Å². The second kappa shape index (κ2) is 12.7. The van der Waals surface area contributed by atoms with Crippen molar-refractivity contribution in [3.05, 3.63) is 75.9 Å². The number of benzene rings is 2. The summed E-state index contributed by atoms with van der Waals surface area (Å²) >= 11 is 0. The Balaban J connectivity index is 1.40. The average molecular weight is 533 g/mol. The zero-order valence-electron chi connectivity index (χ0n) is 23.8. The molecule has 208 valence electrons. The van der Waals surface area contributed by atoms with Crippen LogP contribution in [0, 0.1) is 11.8 Å². The molecule has 7 nitrogen and oxygen atoms in total. The third-order valence-electron chi connectivity index (χ3n) is 8.03. The van der Waals surface area contributed by atoms with Crippen LogP contribution in [0.25, 0.3) is 5.57 Å². The molecule has 0 amide bonds. The van der Waals surface area contributed by atoms with Crippen molar-refractivity contribution in [3.63, 3.8) is 0 Å². The van der Waals surface area contributed by atoms with Crippen molar-refractivity contribution in [2.24, 2.45) is 11.8 Å². The van der Waals surface area contributed by atoms with Crippen LogP contribution in [0.15, 0.2) is 42.5 Å². The number of aryl methyl sites for hydroxylation is 2. The van der Waals surface area contributed by atoms with Gasteiger partial charge in [-0.25, -0.2) is 0 Å². The van der Waals surface area contributed by atoms with E-state index < -0.39 is 0 Å². The van der Waals surface area contributed by atoms with Crippen LogP contribution in [-0.4, -0.2) is 67.9 Å². The third-order valence-corrected chi connectivity index (χ3v) is 8.03. The zero-order valence-corrected chi connectivity index (χ0v) is 23.8. The van der Waals surface area contributed by atoms with Gasteiger partial charge in [-0.2, -0.15) is 0 Å². The van der Waals surface area contributed by atoms with E-state index in [0.29, 0.717) is 18.7 Å². The maximum absolute atomic E-state index is 13.2. The van der Waals surface area contributed by atoms with E-state index in [-0.39, 0.29) is 29.6 Å². The summed E-state index contributed by atoms with van der Waals surface area (Å²) in [5, 5.41) is 0. The van der Waals surface area contributed by atoms with Crippen LogP contribution in [-0.2, 0) is 45.0 Å². The standard InChI is InChI=1S/C32H40N2O5/c1-6-22-13-24(8-10-26(22)15-33-17-28(18-33)31(36)38-4)21(3)12-30(35)25-9-11-27(23(7-2)14-25)16-34-19-29(20-34)32(37)39-5/h8-14,28-29H,6-7,15-20H2,1-5H3. The van der Waals surface area contributed by atoms with Crippen molar-refractivity contribution in [2.45, 2.75) is 46.7 Å². The normalized spacial score (nSPS) is 16.9. The summed E-state index contributed by atoms with van der Waals surface area (Å²) in [4.78, 5) is 41.0. The number of nitrogens with zero attached hydrogens (tertiary/aromatic N) is 2. The molecule has 2 saturated heterocycles. The van der Waals surface area contributed by atoms with Crippen molar-refractivity contribution in [3.8, 4) is 0 Å². The molecule has 0 N–H and O–H groups in total. The molecular weight excluding hydrogens is 492 g/mol. The molecule has 0 aliphatic carbocycles. The molecule has 7 heteroatoms. The lowest BCUT2D eigenvalue weighted by Crippen LogP contribution is -2.50. The first kappa shape index (κ1) is 28.7. The number of hydrogen-bond donors (Lipinski definition) is 0. The van der Waals surface area contributed by atoms with Crippen molar-refractivity contribution in [1.82, 2.24) is 9.80 Å². The van der Waals surface area contributed by atoms with E-state index >= 15 is 0 Å². The molecule has 2 fully saturated rings. The Morgan fingerprint density at radius 2 is 1.18 bits per heavy atom. The topological polar surface area (TPSA) is 76.2 Å². The van der Waals surface area contributed by atoms with Gasteiger partial charge in [0.1, 0.15) is 0 Å². The minimum absolute atomic E-state index is 0.0000109. The van der Waals surface area contributed by atoms with Gasteiger partial charge < -0.3 is 9.47 Å². The van der Waals surface area contributed by atoms with Crippen molar-refractivity contribution >= 4 is 23.3 Å². The van der Waals surface area contributed by atoms with Gasteiger partial charge in [0.15, 0.2) is 5.78 Å². The van der Waals surface area contributed by atoms with E-state index in [0.717, 1.165) is 55.7 Å². The van der Waals surface area contributed by atoms with Gasteiger partial charge in [0.05, 0.1) is 26.1 Å². The second-order valence-corrected chi connectivity index (χ2v) is 10.7. The molecule has 4 rings (SSSR count). The maximum Gasteiger partial charge on any atom is 0.311 e. The first-order chi connectivity index (χ1) is 18.8. The van der Waals surface area contributed by atoms with Crippen molar-refractivity contribution in [2.75, 3.05) is 40.4 Å². The number of ether oxygens (including phenoxy) is 2. The number of hydrogen-bond acceptors (Lipinski definition) is 7. The minimum Gasteiger partial charge on any atom is -0.469 e. The highest BCUT2D eigenvalue weighted by atomic mass is 16.5. The molecule has 2 aliphatic heterocycles. The Bertz CT molecular complexity index is 1260. The van der Waals surface area contributed by atoms with Crippen LogP contribution < -0.4 is 0 Å². The average Bonchev–Trinajstić information content (AvgIpc) is 2.91. The zero-order chi connectivity index (χ0) is 28.1. The number of likely N-dealkylation sites (tertiary alicyclic amines) is 2. The first-order valence-corrected chi connectivity index (χ1v) is 13.8. The Hall–Kier alpha value is -3.29. The van der Waals surface area contributed by atoms with E-state index in [1.54, 1.807) is 6.08 Å². The molecule has 2 heterocycles. The fraction of sp³-hybridized carbons (Fsp3) is 0.469. The highest BCUT2D eigenvalue weighted by Gasteiger charge is 2.34. The van der Waals surface area contributed by atoms with E-state index in [1.807, 2.05) is 25.1 Å². The molecule has 0 aromatic heterocycles. The molecule has 0 unspecified atom stereocenters. The largest absolute Gasteiger partial charge is 0.469 e. The maximum atomic E-state index is 13.2. The van der Waals surface area contributed by atoms with Gasteiger partial charge in [0, 0.05) is 44.8 Å². The number of carbonyl (C=O) groups excluding carboxylic acids is 3. The van der Waals surface area contributed by atoms with E-state index in [1.165, 1.54) is 30.9 Å². The minimum atomic E-state index is -0.143. The molecule has 0 atom stereocenters. The van der Waals surface area contributed by atoms with E-state index in [2.05, 4.69) is 41.8 Å². The SMILES string of the molecule is CCc1cc(C(=O)C=C(C)c2ccc(CN3CC(C(=O)OC)C3)c(CC)c2)ccc1CN1CC(C(=O)OC)C1. The highest BCUT2D eigenvalue weighted by molar-refractivity contribution is 6.08. The summed E-state index contributed by atoms with van der Waals surface area (Å²) in [5.74, 6) is -0.331. The van der Waals surface area contributed by atoms with E-state index in [9.17, 15) is 14.4 Å². The number of esters is 2. The second-order valence-electron chi connectivity index (χ2n) is 10.7. The Morgan fingerprint density at radius 1 is 0.744 bits per heavy atom. The fourth-order valence-electron chi connectivity index (χ4n) is 5.49. The Kier molecular flexibility index (Phi) is 9.36. The molecular formula is C32H40N2O5. The van der Waals surface area contributed by atoms with E-state index in [4.69, 9.17) is 9.47 Å². The van der Waals surface area contributed by atoms with Gasteiger partial charge in [-0.3, -0.25) is 24.2 Å². The monoisotopic (exact) mass is 532 g/mol. The van der Waals surface area contributed by atoms with Crippen LogP contribution in [0.3, 0.4) is 0 Å². The summed E-state index contributed by atoms with van der Waals surface area (Å²) in [7, 11) is 2.87. The van der Waals surface area contributed by atoms with Crippen LogP contribution in [0.1, 0.15) is 58.9 Å². The predicted octanol–water partition coefficient (Wildman–Crippen LogP) is 4.31. The highest BCUT2D eigenvalue weighted by Crippen LogP contribution is 2.26. The number of allylic oxidation sites excluding steroid dienone is 2. The summed E-state index contributed by atoms with van der Waals surface area (Å²) in [6.45, 7) is 10.7. The van der Waals surface area contributed by atoms with Crippen LogP contribution in [0.2, 0.25) is 0 Å². The third kappa shape index (κ3) is 6.65. The number of carbonyl (C=O) groups is 3. The predicted molar refractivity (Wildman–Crippen MR) is 151 cm³/mol. The summed E-state index contributed by atoms with van der Waals surface area (Å²) in [6, 6.07) is 12.4. The van der Waals surface area contributed by atoms with Gasteiger partial charge in [-0.1, -0.05) is 44.2 Å². The lowest BCUT2D eigenvalue weighted by Gasteiger charge is -2.37. The molecule has 0 spiro atoms. The van der Waals surface area contributed by atoms with Crippen LogP contribution in [0.4, 0.5) is 0 Å². The smallest absolute Gasteiger partial charge is 0.311 e. The Labute approximate surface area is 231 Å². The molecule has 39 heavy (non-hydrogen) atoms.